The van der Waals surface area contributed by atoms with Crippen LogP contribution in [0.1, 0.15) is 30.1 Å². The molecule has 3 rings (SSSR count). The number of nitriles is 1. The zero-order chi connectivity index (χ0) is 17.3. The van der Waals surface area contributed by atoms with Gasteiger partial charge in [-0.1, -0.05) is 11.6 Å². The largest absolute Gasteiger partial charge is 0.435 e. The first-order chi connectivity index (χ1) is 11.4. The van der Waals surface area contributed by atoms with Crippen LogP contribution < -0.4 is 4.90 Å². The van der Waals surface area contributed by atoms with Gasteiger partial charge in [-0.2, -0.15) is 23.5 Å². The minimum atomic E-state index is -4.45. The predicted octanol–water partition coefficient (Wildman–Crippen LogP) is 3.66. The van der Waals surface area contributed by atoms with Crippen LogP contribution in [-0.4, -0.2) is 27.9 Å². The van der Waals surface area contributed by atoms with Crippen molar-refractivity contribution in [1.82, 2.24) is 14.8 Å². The van der Waals surface area contributed by atoms with Gasteiger partial charge in [0, 0.05) is 25.5 Å². The van der Waals surface area contributed by atoms with Crippen LogP contribution in [0, 0.1) is 11.3 Å². The molecule has 1 fully saturated rings. The maximum absolute atomic E-state index is 12.7. The van der Waals surface area contributed by atoms with Gasteiger partial charge in [0.05, 0.1) is 16.6 Å². The molecule has 0 N–H and O–H groups in total. The summed E-state index contributed by atoms with van der Waals surface area (Å²) in [4.78, 5) is 6.12. The summed E-state index contributed by atoms with van der Waals surface area (Å²) in [6.45, 7) is 1.15. The van der Waals surface area contributed by atoms with Crippen molar-refractivity contribution in [3.63, 3.8) is 0 Å². The molecule has 3 heterocycles. The van der Waals surface area contributed by atoms with Gasteiger partial charge in [0.25, 0.3) is 0 Å². The highest BCUT2D eigenvalue weighted by molar-refractivity contribution is 6.33. The van der Waals surface area contributed by atoms with Gasteiger partial charge in [-0.25, -0.2) is 4.98 Å². The topological polar surface area (TPSA) is 57.7 Å². The van der Waals surface area contributed by atoms with Gasteiger partial charge < -0.3 is 4.90 Å². The Kier molecular flexibility index (Phi) is 4.37. The van der Waals surface area contributed by atoms with Crippen LogP contribution in [0.3, 0.4) is 0 Å². The molecule has 1 saturated heterocycles. The molecule has 0 radical (unpaired) electrons. The molecule has 2 aromatic heterocycles. The van der Waals surface area contributed by atoms with Crippen molar-refractivity contribution in [2.45, 2.75) is 25.1 Å². The number of pyridine rings is 1. The van der Waals surface area contributed by atoms with Gasteiger partial charge in [-0.15, -0.1) is 0 Å². The summed E-state index contributed by atoms with van der Waals surface area (Å²) in [6, 6.07) is 4.28. The molecule has 0 spiro atoms. The van der Waals surface area contributed by atoms with Gasteiger partial charge >= 0.3 is 6.18 Å². The fraction of sp³-hybridized carbons (Fsp3) is 0.400. The quantitative estimate of drug-likeness (QED) is 0.824. The molecule has 9 heteroatoms. The van der Waals surface area contributed by atoms with E-state index in [1.807, 2.05) is 11.0 Å². The average Bonchev–Trinajstić information content (AvgIpc) is 3.05. The molecule has 0 saturated carbocycles. The van der Waals surface area contributed by atoms with Crippen LogP contribution in [0.25, 0.3) is 0 Å². The van der Waals surface area contributed by atoms with Gasteiger partial charge in [-0.3, -0.25) is 4.68 Å². The van der Waals surface area contributed by atoms with Crippen LogP contribution in [0.5, 0.6) is 0 Å². The Morgan fingerprint density at radius 1 is 1.38 bits per heavy atom. The minimum Gasteiger partial charge on any atom is -0.353 e. The number of aromatic nitrogens is 3. The van der Waals surface area contributed by atoms with Crippen LogP contribution >= 0.6 is 11.6 Å². The molecule has 1 aliphatic rings. The van der Waals surface area contributed by atoms with E-state index in [1.165, 1.54) is 23.1 Å². The second kappa shape index (κ2) is 6.32. The lowest BCUT2D eigenvalue weighted by atomic mass is 10.1. The molecule has 2 aromatic rings. The number of anilines is 1. The molecule has 1 unspecified atom stereocenters. The molecule has 0 amide bonds. The van der Waals surface area contributed by atoms with E-state index in [2.05, 4.69) is 10.1 Å². The van der Waals surface area contributed by atoms with Gasteiger partial charge in [0.15, 0.2) is 5.69 Å². The lowest BCUT2D eigenvalue weighted by Crippen LogP contribution is -2.37. The molecule has 0 aromatic carbocycles. The highest BCUT2D eigenvalue weighted by atomic mass is 35.5. The maximum Gasteiger partial charge on any atom is 0.435 e. The molecule has 126 valence electrons. The lowest BCUT2D eigenvalue weighted by Gasteiger charge is -2.34. The Bertz CT molecular complexity index is 780. The van der Waals surface area contributed by atoms with Crippen molar-refractivity contribution < 1.29 is 13.2 Å². The molecule has 1 aliphatic heterocycles. The fourth-order valence-corrected chi connectivity index (χ4v) is 3.07. The Balaban J connectivity index is 1.80. The third-order valence-corrected chi connectivity index (χ3v) is 4.20. The van der Waals surface area contributed by atoms with Crippen LogP contribution in [0.15, 0.2) is 24.5 Å². The maximum atomic E-state index is 12.7. The summed E-state index contributed by atoms with van der Waals surface area (Å²) < 4.78 is 39.4. The Morgan fingerprint density at radius 3 is 2.79 bits per heavy atom. The third-order valence-electron chi connectivity index (χ3n) is 3.92. The number of rotatable bonds is 2. The van der Waals surface area contributed by atoms with E-state index < -0.39 is 11.9 Å². The SMILES string of the molecule is N#Cc1cnc(N2CCCC(n3ccc(C(F)(F)F)n3)C2)c(Cl)c1. The molecule has 0 aliphatic carbocycles. The van der Waals surface area contributed by atoms with Crippen molar-refractivity contribution in [3.05, 3.63) is 40.8 Å². The smallest absolute Gasteiger partial charge is 0.353 e. The lowest BCUT2D eigenvalue weighted by molar-refractivity contribution is -0.141. The summed E-state index contributed by atoms with van der Waals surface area (Å²) in [5.41, 5.74) is -0.534. The zero-order valence-corrected chi connectivity index (χ0v) is 13.2. The fourth-order valence-electron chi connectivity index (χ4n) is 2.78. The molecule has 5 nitrogen and oxygen atoms in total. The van der Waals surface area contributed by atoms with Gasteiger partial charge in [-0.05, 0) is 25.0 Å². The van der Waals surface area contributed by atoms with E-state index >= 15 is 0 Å². The highest BCUT2D eigenvalue weighted by Gasteiger charge is 2.34. The summed E-state index contributed by atoms with van der Waals surface area (Å²) in [7, 11) is 0. The third kappa shape index (κ3) is 3.31. The van der Waals surface area contributed by atoms with Crippen LogP contribution in [-0.2, 0) is 6.18 Å². The Morgan fingerprint density at radius 2 is 2.17 bits per heavy atom. The minimum absolute atomic E-state index is 0.191. The predicted molar refractivity (Wildman–Crippen MR) is 81.7 cm³/mol. The first-order valence-electron chi connectivity index (χ1n) is 7.31. The van der Waals surface area contributed by atoms with Crippen molar-refractivity contribution in [1.29, 1.82) is 5.26 Å². The number of halogens is 4. The van der Waals surface area contributed by atoms with E-state index in [-0.39, 0.29) is 6.04 Å². The number of alkyl halides is 3. The Labute approximate surface area is 141 Å². The van der Waals surface area contributed by atoms with E-state index in [1.54, 1.807) is 0 Å². The summed E-state index contributed by atoms with van der Waals surface area (Å²) in [6.07, 6.45) is -0.157. The van der Waals surface area contributed by atoms with Crippen molar-refractivity contribution >= 4 is 17.4 Å². The summed E-state index contributed by atoms with van der Waals surface area (Å²) >= 11 is 6.17. The number of piperidine rings is 1. The first-order valence-corrected chi connectivity index (χ1v) is 7.69. The van der Waals surface area contributed by atoms with Crippen molar-refractivity contribution in [2.24, 2.45) is 0 Å². The average molecular weight is 356 g/mol. The summed E-state index contributed by atoms with van der Waals surface area (Å²) in [5, 5.41) is 12.9. The molecule has 1 atom stereocenters. The van der Waals surface area contributed by atoms with Gasteiger partial charge in [0.1, 0.15) is 11.9 Å². The second-order valence-corrected chi connectivity index (χ2v) is 5.97. The molecular formula is C15H13ClF3N5. The zero-order valence-electron chi connectivity index (χ0n) is 12.5. The highest BCUT2D eigenvalue weighted by Crippen LogP contribution is 2.32. The number of hydrogen-bond acceptors (Lipinski definition) is 4. The molecule has 0 bridgehead atoms. The van der Waals surface area contributed by atoms with E-state index in [0.29, 0.717) is 29.5 Å². The number of hydrogen-bond donors (Lipinski definition) is 0. The number of nitrogens with zero attached hydrogens (tertiary/aromatic N) is 5. The van der Waals surface area contributed by atoms with Crippen LogP contribution in [0.2, 0.25) is 5.02 Å². The van der Waals surface area contributed by atoms with Gasteiger partial charge in [0.2, 0.25) is 0 Å². The van der Waals surface area contributed by atoms with Crippen molar-refractivity contribution in [3.8, 4) is 6.07 Å². The summed E-state index contributed by atoms with van der Waals surface area (Å²) in [5.74, 6) is 0.531. The normalized spacial score (nSPS) is 18.5. The molecular weight excluding hydrogens is 343 g/mol. The van der Waals surface area contributed by atoms with E-state index in [4.69, 9.17) is 16.9 Å². The van der Waals surface area contributed by atoms with E-state index in [9.17, 15) is 13.2 Å². The monoisotopic (exact) mass is 355 g/mol. The first kappa shape index (κ1) is 16.6. The Hall–Kier alpha value is -2.27. The van der Waals surface area contributed by atoms with Crippen molar-refractivity contribution in [2.75, 3.05) is 18.0 Å². The molecule has 24 heavy (non-hydrogen) atoms. The second-order valence-electron chi connectivity index (χ2n) is 5.56. The standard InChI is InChI=1S/C15H13ClF3N5/c16-12-6-10(7-20)8-21-14(12)23-4-1-2-11(9-23)24-5-3-13(22-24)15(17,18)19/h3,5-6,8,11H,1-2,4,9H2. The van der Waals surface area contributed by atoms with E-state index in [0.717, 1.165) is 18.9 Å². The van der Waals surface area contributed by atoms with Crippen LogP contribution in [0.4, 0.5) is 19.0 Å².